The van der Waals surface area contributed by atoms with Crippen LogP contribution in [0.2, 0.25) is 0 Å². The lowest BCUT2D eigenvalue weighted by atomic mass is 10.2. The molecule has 0 aliphatic carbocycles. The fourth-order valence-corrected chi connectivity index (χ4v) is 3.87. The zero-order valence-corrected chi connectivity index (χ0v) is 11.1. The Morgan fingerprint density at radius 2 is 1.89 bits per heavy atom. The Balaban J connectivity index is 2.55. The van der Waals surface area contributed by atoms with Crippen molar-refractivity contribution in [2.24, 2.45) is 0 Å². The highest BCUT2D eigenvalue weighted by molar-refractivity contribution is 7.89. The summed E-state index contributed by atoms with van der Waals surface area (Å²) in [5.41, 5.74) is -0.640. The van der Waals surface area contributed by atoms with Gasteiger partial charge in [0.1, 0.15) is 0 Å². The van der Waals surface area contributed by atoms with E-state index in [2.05, 4.69) is 0 Å². The topological polar surface area (TPSA) is 80.5 Å². The van der Waals surface area contributed by atoms with E-state index in [1.54, 1.807) is 0 Å². The lowest BCUT2D eigenvalue weighted by Gasteiger charge is -2.16. The van der Waals surface area contributed by atoms with Crippen LogP contribution in [0.25, 0.3) is 0 Å². The van der Waals surface area contributed by atoms with Crippen molar-refractivity contribution < 1.29 is 17.7 Å². The molecule has 1 fully saturated rings. The van der Waals surface area contributed by atoms with Crippen molar-refractivity contribution in [1.29, 1.82) is 0 Å². The molecule has 0 unspecified atom stereocenters. The summed E-state index contributed by atoms with van der Waals surface area (Å²) in [6, 6.07) is 1.69. The Morgan fingerprint density at radius 3 is 2.42 bits per heavy atom. The number of halogens is 1. The number of nitro benzene ring substituents is 1. The Labute approximate surface area is 110 Å². The predicted octanol–water partition coefficient (Wildman–Crippen LogP) is 1.83. The van der Waals surface area contributed by atoms with Gasteiger partial charge < -0.3 is 0 Å². The molecule has 1 saturated heterocycles. The predicted molar refractivity (Wildman–Crippen MR) is 65.8 cm³/mol. The van der Waals surface area contributed by atoms with Gasteiger partial charge in [0.25, 0.3) is 0 Å². The maximum atomic E-state index is 13.4. The number of nitrogens with zero attached hydrogens (tertiary/aromatic N) is 2. The van der Waals surface area contributed by atoms with E-state index in [0.29, 0.717) is 13.1 Å². The number of hydrogen-bond donors (Lipinski definition) is 0. The van der Waals surface area contributed by atoms with Crippen LogP contribution < -0.4 is 0 Å². The molecule has 1 heterocycles. The highest BCUT2D eigenvalue weighted by Gasteiger charge is 2.31. The highest BCUT2D eigenvalue weighted by Crippen LogP contribution is 2.29. The normalized spacial score (nSPS) is 16.7. The van der Waals surface area contributed by atoms with E-state index in [4.69, 9.17) is 0 Å². The van der Waals surface area contributed by atoms with E-state index in [1.165, 1.54) is 11.2 Å². The summed E-state index contributed by atoms with van der Waals surface area (Å²) in [6.45, 7) is 2.22. The lowest BCUT2D eigenvalue weighted by Crippen LogP contribution is -2.28. The van der Waals surface area contributed by atoms with E-state index < -0.39 is 26.5 Å². The van der Waals surface area contributed by atoms with Crippen LogP contribution in [0.4, 0.5) is 10.1 Å². The average Bonchev–Trinajstić information content (AvgIpc) is 2.81. The van der Waals surface area contributed by atoms with Gasteiger partial charge in [0, 0.05) is 19.2 Å². The fourth-order valence-electron chi connectivity index (χ4n) is 2.13. The van der Waals surface area contributed by atoms with Crippen LogP contribution in [0.3, 0.4) is 0 Å². The zero-order chi connectivity index (χ0) is 14.2. The van der Waals surface area contributed by atoms with Crippen LogP contribution >= 0.6 is 0 Å². The molecule has 0 spiro atoms. The first-order chi connectivity index (χ1) is 8.84. The molecule has 0 aromatic heterocycles. The number of rotatable bonds is 3. The second kappa shape index (κ2) is 4.86. The largest absolute Gasteiger partial charge is 0.306 e. The zero-order valence-electron chi connectivity index (χ0n) is 10.3. The molecule has 0 saturated carbocycles. The molecule has 0 amide bonds. The molecule has 19 heavy (non-hydrogen) atoms. The Bertz CT molecular complexity index is 624. The van der Waals surface area contributed by atoms with Gasteiger partial charge in [0.2, 0.25) is 15.8 Å². The third-order valence-corrected chi connectivity index (χ3v) is 5.16. The molecule has 0 bridgehead atoms. The summed E-state index contributed by atoms with van der Waals surface area (Å²) in [5.74, 6) is -1.03. The molecule has 8 heteroatoms. The van der Waals surface area contributed by atoms with E-state index in [0.717, 1.165) is 25.0 Å². The van der Waals surface area contributed by atoms with Crippen molar-refractivity contribution in [2.45, 2.75) is 24.7 Å². The molecule has 1 aliphatic heterocycles. The maximum absolute atomic E-state index is 13.4. The molecule has 6 nitrogen and oxygen atoms in total. The quantitative estimate of drug-likeness (QED) is 0.627. The van der Waals surface area contributed by atoms with Crippen LogP contribution in [-0.2, 0) is 10.0 Å². The van der Waals surface area contributed by atoms with Gasteiger partial charge >= 0.3 is 5.69 Å². The molecule has 104 valence electrons. The van der Waals surface area contributed by atoms with E-state index in [1.807, 2.05) is 0 Å². The van der Waals surface area contributed by atoms with Crippen molar-refractivity contribution in [3.05, 3.63) is 33.6 Å². The van der Waals surface area contributed by atoms with Crippen LogP contribution in [0.5, 0.6) is 0 Å². The SMILES string of the molecule is Cc1cc(F)c([N+](=O)[O-])cc1S(=O)(=O)N1CCCC1. The van der Waals surface area contributed by atoms with Crippen molar-refractivity contribution in [1.82, 2.24) is 4.31 Å². The molecule has 0 radical (unpaired) electrons. The smallest absolute Gasteiger partial charge is 0.258 e. The van der Waals surface area contributed by atoms with Crippen molar-refractivity contribution in [3.63, 3.8) is 0 Å². The molecular weight excluding hydrogens is 275 g/mol. The standard InChI is InChI=1S/C11H13FN2O4S/c1-8-6-9(12)10(14(15)16)7-11(8)19(17,18)13-4-2-3-5-13/h6-7H,2-5H2,1H3. The molecular formula is C11H13FN2O4S. The van der Waals surface area contributed by atoms with Gasteiger partial charge in [-0.15, -0.1) is 0 Å². The molecule has 1 aromatic carbocycles. The third-order valence-electron chi connectivity index (χ3n) is 3.12. The minimum atomic E-state index is -3.78. The fraction of sp³-hybridized carbons (Fsp3) is 0.455. The van der Waals surface area contributed by atoms with Gasteiger partial charge in [0.15, 0.2) is 0 Å². The monoisotopic (exact) mass is 288 g/mol. The Morgan fingerprint density at radius 1 is 1.32 bits per heavy atom. The van der Waals surface area contributed by atoms with E-state index in [9.17, 15) is 22.9 Å². The van der Waals surface area contributed by atoms with E-state index in [-0.39, 0.29) is 10.5 Å². The van der Waals surface area contributed by atoms with Crippen LogP contribution in [0.1, 0.15) is 18.4 Å². The number of nitro groups is 1. The third kappa shape index (κ3) is 2.45. The summed E-state index contributed by atoms with van der Waals surface area (Å²) in [7, 11) is -3.78. The van der Waals surface area contributed by atoms with Crippen molar-refractivity contribution in [3.8, 4) is 0 Å². The van der Waals surface area contributed by atoms with Gasteiger partial charge in [-0.1, -0.05) is 0 Å². The van der Waals surface area contributed by atoms with Crippen molar-refractivity contribution >= 4 is 15.7 Å². The van der Waals surface area contributed by atoms with E-state index >= 15 is 0 Å². The molecule has 1 aliphatic rings. The molecule has 0 N–H and O–H groups in total. The number of sulfonamides is 1. The maximum Gasteiger partial charge on any atom is 0.306 e. The highest BCUT2D eigenvalue weighted by atomic mass is 32.2. The molecule has 2 rings (SSSR count). The summed E-state index contributed by atoms with van der Waals surface area (Å²) < 4.78 is 39.3. The second-order valence-corrected chi connectivity index (χ2v) is 6.34. The summed E-state index contributed by atoms with van der Waals surface area (Å²) in [6.07, 6.45) is 1.53. The summed E-state index contributed by atoms with van der Waals surface area (Å²) in [5, 5.41) is 10.7. The van der Waals surface area contributed by atoms with Crippen LogP contribution in [-0.4, -0.2) is 30.7 Å². The Hall–Kier alpha value is -1.54. The summed E-state index contributed by atoms with van der Waals surface area (Å²) >= 11 is 0. The van der Waals surface area contributed by atoms with Gasteiger partial charge in [-0.3, -0.25) is 10.1 Å². The van der Waals surface area contributed by atoms with Crippen LogP contribution in [0, 0.1) is 22.9 Å². The van der Waals surface area contributed by atoms with Gasteiger partial charge in [-0.25, -0.2) is 8.42 Å². The first kappa shape index (κ1) is 13.9. The first-order valence-electron chi connectivity index (χ1n) is 5.78. The van der Waals surface area contributed by atoms with Gasteiger partial charge in [-0.05, 0) is 31.4 Å². The number of aryl methyl sites for hydroxylation is 1. The van der Waals surface area contributed by atoms with Crippen molar-refractivity contribution in [2.75, 3.05) is 13.1 Å². The van der Waals surface area contributed by atoms with Crippen LogP contribution in [0.15, 0.2) is 17.0 Å². The minimum absolute atomic E-state index is 0.176. The number of benzene rings is 1. The molecule has 1 aromatic rings. The second-order valence-electron chi connectivity index (χ2n) is 4.44. The van der Waals surface area contributed by atoms with Gasteiger partial charge in [-0.2, -0.15) is 8.70 Å². The summed E-state index contributed by atoms with van der Waals surface area (Å²) in [4.78, 5) is 9.58. The first-order valence-corrected chi connectivity index (χ1v) is 7.22. The average molecular weight is 288 g/mol. The Kier molecular flexibility index (Phi) is 3.55. The number of hydrogen-bond acceptors (Lipinski definition) is 4. The molecule has 0 atom stereocenters. The lowest BCUT2D eigenvalue weighted by molar-refractivity contribution is -0.387. The minimum Gasteiger partial charge on any atom is -0.258 e. The van der Waals surface area contributed by atoms with Gasteiger partial charge in [0.05, 0.1) is 9.82 Å².